The van der Waals surface area contributed by atoms with Gasteiger partial charge in [0.25, 0.3) is 0 Å². The van der Waals surface area contributed by atoms with Crippen molar-refractivity contribution in [3.63, 3.8) is 0 Å². The van der Waals surface area contributed by atoms with E-state index in [-0.39, 0.29) is 0 Å². The first kappa shape index (κ1) is 13.0. The van der Waals surface area contributed by atoms with E-state index < -0.39 is 0 Å². The van der Waals surface area contributed by atoms with E-state index in [1.165, 1.54) is 0 Å². The van der Waals surface area contributed by atoms with Crippen LogP contribution < -0.4 is 5.48 Å². The number of nitrogens with one attached hydrogen (secondary N) is 1. The van der Waals surface area contributed by atoms with Crippen LogP contribution in [0.5, 0.6) is 0 Å². The summed E-state index contributed by atoms with van der Waals surface area (Å²) in [5.41, 5.74) is 3.58. The normalized spacial score (nSPS) is 12.1. The maximum absolute atomic E-state index is 5.13. The number of allylic oxidation sites excluding steroid dienone is 2. The zero-order valence-electron chi connectivity index (χ0n) is 9.25. The average Bonchev–Trinajstić information content (AvgIpc) is 2.22. The SMILES string of the molecule is CC=C(C=NOCCC)NOCCC. The summed E-state index contributed by atoms with van der Waals surface area (Å²) in [6.07, 6.45) is 5.41. The van der Waals surface area contributed by atoms with E-state index in [4.69, 9.17) is 9.68 Å². The summed E-state index contributed by atoms with van der Waals surface area (Å²) in [5, 5.41) is 3.78. The van der Waals surface area contributed by atoms with Gasteiger partial charge in [0.2, 0.25) is 0 Å². The summed E-state index contributed by atoms with van der Waals surface area (Å²) >= 11 is 0. The van der Waals surface area contributed by atoms with Gasteiger partial charge in [-0.05, 0) is 19.8 Å². The van der Waals surface area contributed by atoms with Crippen LogP contribution in [0, 0.1) is 0 Å². The molecule has 1 N–H and O–H groups in total. The van der Waals surface area contributed by atoms with Crippen molar-refractivity contribution < 1.29 is 9.68 Å². The second-order valence-corrected chi connectivity index (χ2v) is 2.76. The van der Waals surface area contributed by atoms with Gasteiger partial charge in [0.15, 0.2) is 0 Å². The van der Waals surface area contributed by atoms with Crippen LogP contribution in [0.15, 0.2) is 16.9 Å². The quantitative estimate of drug-likeness (QED) is 0.371. The Labute approximate surface area is 85.9 Å². The summed E-state index contributed by atoms with van der Waals surface area (Å²) in [6.45, 7) is 7.32. The van der Waals surface area contributed by atoms with Gasteiger partial charge in [-0.15, -0.1) is 0 Å². The number of rotatable bonds is 8. The topological polar surface area (TPSA) is 42.8 Å². The van der Waals surface area contributed by atoms with E-state index in [0.717, 1.165) is 18.5 Å². The second kappa shape index (κ2) is 10.1. The van der Waals surface area contributed by atoms with Crippen LogP contribution in [0.2, 0.25) is 0 Å². The van der Waals surface area contributed by atoms with Gasteiger partial charge in [-0.25, -0.2) is 0 Å². The lowest BCUT2D eigenvalue weighted by atomic mass is 10.5. The molecule has 0 saturated heterocycles. The minimum absolute atomic E-state index is 0.642. The summed E-state index contributed by atoms with van der Waals surface area (Å²) < 4.78 is 0. The molecule has 0 rings (SSSR count). The standard InChI is InChI=1S/C10H20N2O2/c1-4-7-13-11-9-10(6-3)12-14-8-5-2/h6,9,12H,4-5,7-8H2,1-3H3. The molecule has 0 aliphatic heterocycles. The van der Waals surface area contributed by atoms with Crippen molar-refractivity contribution >= 4 is 6.21 Å². The van der Waals surface area contributed by atoms with Crippen molar-refractivity contribution in [3.05, 3.63) is 11.8 Å². The van der Waals surface area contributed by atoms with Gasteiger partial charge < -0.3 is 4.84 Å². The van der Waals surface area contributed by atoms with E-state index >= 15 is 0 Å². The van der Waals surface area contributed by atoms with Gasteiger partial charge in [-0.1, -0.05) is 25.1 Å². The Kier molecular flexibility index (Phi) is 9.31. The molecule has 0 radical (unpaired) electrons. The molecule has 0 atom stereocenters. The lowest BCUT2D eigenvalue weighted by Crippen LogP contribution is -2.15. The Hall–Kier alpha value is -1.03. The zero-order chi connectivity index (χ0) is 10.6. The van der Waals surface area contributed by atoms with Gasteiger partial charge in [0, 0.05) is 0 Å². The van der Waals surface area contributed by atoms with Crippen LogP contribution in [0.25, 0.3) is 0 Å². The molecule has 0 saturated carbocycles. The van der Waals surface area contributed by atoms with Crippen molar-refractivity contribution in [2.75, 3.05) is 13.2 Å². The molecule has 14 heavy (non-hydrogen) atoms. The smallest absolute Gasteiger partial charge is 0.116 e. The Morgan fingerprint density at radius 2 is 2.00 bits per heavy atom. The Morgan fingerprint density at radius 1 is 1.29 bits per heavy atom. The second-order valence-electron chi connectivity index (χ2n) is 2.76. The number of nitrogens with zero attached hydrogens (tertiary/aromatic N) is 1. The first-order valence-corrected chi connectivity index (χ1v) is 5.04. The van der Waals surface area contributed by atoms with Crippen LogP contribution >= 0.6 is 0 Å². The van der Waals surface area contributed by atoms with Crippen LogP contribution in [0.4, 0.5) is 0 Å². The summed E-state index contributed by atoms with van der Waals surface area (Å²) in [4.78, 5) is 10.1. The molecule has 0 aromatic carbocycles. The Bertz CT molecular complexity index is 179. The fourth-order valence-electron chi connectivity index (χ4n) is 0.634. The summed E-state index contributed by atoms with van der Waals surface area (Å²) in [7, 11) is 0. The van der Waals surface area contributed by atoms with Crippen molar-refractivity contribution in [3.8, 4) is 0 Å². The first-order chi connectivity index (χ1) is 6.85. The molecule has 0 aliphatic rings. The molecule has 82 valence electrons. The molecule has 0 amide bonds. The number of hydrogen-bond acceptors (Lipinski definition) is 4. The predicted molar refractivity (Wildman–Crippen MR) is 57.9 cm³/mol. The molecule has 4 heteroatoms. The van der Waals surface area contributed by atoms with Gasteiger partial charge in [-0.2, -0.15) is 0 Å². The Morgan fingerprint density at radius 3 is 2.57 bits per heavy atom. The summed E-state index contributed by atoms with van der Waals surface area (Å²) in [6, 6.07) is 0. The lowest BCUT2D eigenvalue weighted by molar-refractivity contribution is 0.0670. The molecule has 0 bridgehead atoms. The zero-order valence-corrected chi connectivity index (χ0v) is 9.25. The van der Waals surface area contributed by atoms with Gasteiger partial charge >= 0.3 is 0 Å². The van der Waals surface area contributed by atoms with E-state index in [2.05, 4.69) is 17.6 Å². The highest BCUT2D eigenvalue weighted by atomic mass is 16.6. The highest BCUT2D eigenvalue weighted by molar-refractivity contribution is 5.76. The van der Waals surface area contributed by atoms with Crippen LogP contribution in [0.3, 0.4) is 0 Å². The number of hydroxylamine groups is 1. The van der Waals surface area contributed by atoms with E-state index in [1.807, 2.05) is 19.9 Å². The largest absolute Gasteiger partial charge is 0.396 e. The molecular weight excluding hydrogens is 180 g/mol. The predicted octanol–water partition coefficient (Wildman–Crippen LogP) is 2.23. The van der Waals surface area contributed by atoms with E-state index in [9.17, 15) is 0 Å². The first-order valence-electron chi connectivity index (χ1n) is 5.04. The third-order valence-corrected chi connectivity index (χ3v) is 1.37. The monoisotopic (exact) mass is 200 g/mol. The molecular formula is C10H20N2O2. The van der Waals surface area contributed by atoms with Gasteiger partial charge in [-0.3, -0.25) is 10.3 Å². The molecule has 4 nitrogen and oxygen atoms in total. The Balaban J connectivity index is 3.63. The fourth-order valence-corrected chi connectivity index (χ4v) is 0.634. The molecule has 0 aromatic rings. The van der Waals surface area contributed by atoms with Crippen LogP contribution in [-0.4, -0.2) is 19.4 Å². The van der Waals surface area contributed by atoms with E-state index in [0.29, 0.717) is 13.2 Å². The average molecular weight is 200 g/mol. The summed E-state index contributed by atoms with van der Waals surface area (Å²) in [5.74, 6) is 0. The highest BCUT2D eigenvalue weighted by Crippen LogP contribution is 1.88. The minimum Gasteiger partial charge on any atom is -0.396 e. The number of hydrogen-bond donors (Lipinski definition) is 1. The third-order valence-electron chi connectivity index (χ3n) is 1.37. The van der Waals surface area contributed by atoms with Crippen molar-refractivity contribution in [2.45, 2.75) is 33.6 Å². The number of oxime groups is 1. The van der Waals surface area contributed by atoms with Crippen molar-refractivity contribution in [1.29, 1.82) is 0 Å². The lowest BCUT2D eigenvalue weighted by Gasteiger charge is -2.05. The molecule has 0 heterocycles. The third kappa shape index (κ3) is 7.61. The fraction of sp³-hybridized carbons (Fsp3) is 0.700. The van der Waals surface area contributed by atoms with E-state index in [1.54, 1.807) is 6.21 Å². The molecule has 0 aromatic heterocycles. The van der Waals surface area contributed by atoms with Gasteiger partial charge in [0.05, 0.1) is 18.5 Å². The minimum atomic E-state index is 0.642. The molecule has 0 aliphatic carbocycles. The van der Waals surface area contributed by atoms with Crippen molar-refractivity contribution in [2.24, 2.45) is 5.16 Å². The maximum Gasteiger partial charge on any atom is 0.116 e. The highest BCUT2D eigenvalue weighted by Gasteiger charge is 1.89. The van der Waals surface area contributed by atoms with Crippen molar-refractivity contribution in [1.82, 2.24) is 5.48 Å². The van der Waals surface area contributed by atoms with Gasteiger partial charge in [0.1, 0.15) is 6.61 Å². The maximum atomic E-state index is 5.13. The van der Waals surface area contributed by atoms with Crippen LogP contribution in [-0.2, 0) is 9.68 Å². The molecule has 0 unspecified atom stereocenters. The molecule has 0 fully saturated rings. The van der Waals surface area contributed by atoms with Crippen LogP contribution in [0.1, 0.15) is 33.6 Å². The molecule has 0 spiro atoms.